The summed E-state index contributed by atoms with van der Waals surface area (Å²) >= 11 is 19.5. The minimum atomic E-state index is -1.77. The van der Waals surface area contributed by atoms with E-state index in [0.29, 0.717) is 5.13 Å². The highest BCUT2D eigenvalue weighted by Crippen LogP contribution is 2.32. The second-order valence-electron chi connectivity index (χ2n) is 5.78. The first-order valence-electron chi connectivity index (χ1n) is 8.29. The molecule has 0 spiro atoms. The van der Waals surface area contributed by atoms with E-state index in [1.807, 2.05) is 66.0 Å². The number of halogens is 3. The van der Waals surface area contributed by atoms with Gasteiger partial charge < -0.3 is 10.6 Å². The van der Waals surface area contributed by atoms with E-state index < -0.39 is 15.9 Å². The number of anilines is 1. The summed E-state index contributed by atoms with van der Waals surface area (Å²) in [5, 5.41) is 8.07. The molecule has 0 bridgehead atoms. The Morgan fingerprint density at radius 1 is 1.04 bits per heavy atom. The Balaban J connectivity index is 1.68. The van der Waals surface area contributed by atoms with E-state index in [-0.39, 0.29) is 0 Å². The minimum Gasteiger partial charge on any atom is -0.338 e. The summed E-state index contributed by atoms with van der Waals surface area (Å²) in [5.41, 5.74) is 2.67. The molecule has 0 saturated heterocycles. The number of benzene rings is 2. The SMILES string of the molecule is O=C(/C=C/c1ccccc1)NC(Nc1nc(-c2ccccc2)cs1)C(Cl)(Cl)Cl. The van der Waals surface area contributed by atoms with Crippen molar-refractivity contribution in [2.24, 2.45) is 0 Å². The van der Waals surface area contributed by atoms with Crippen LogP contribution in [0.15, 0.2) is 72.1 Å². The number of alkyl halides is 3. The Morgan fingerprint density at radius 2 is 1.68 bits per heavy atom. The summed E-state index contributed by atoms with van der Waals surface area (Å²) in [6.45, 7) is 0. The Labute approximate surface area is 182 Å². The van der Waals surface area contributed by atoms with E-state index in [4.69, 9.17) is 34.8 Å². The maximum absolute atomic E-state index is 12.3. The number of nitrogens with zero attached hydrogens (tertiary/aromatic N) is 1. The third-order valence-corrected chi connectivity index (χ3v) is 5.11. The Morgan fingerprint density at radius 3 is 2.32 bits per heavy atom. The van der Waals surface area contributed by atoms with Crippen LogP contribution in [-0.2, 0) is 4.79 Å². The molecule has 0 saturated carbocycles. The van der Waals surface area contributed by atoms with Crippen LogP contribution in [0.2, 0.25) is 0 Å². The molecule has 1 unspecified atom stereocenters. The molecule has 28 heavy (non-hydrogen) atoms. The number of amides is 1. The van der Waals surface area contributed by atoms with Gasteiger partial charge in [-0.05, 0) is 11.6 Å². The second kappa shape index (κ2) is 9.43. The van der Waals surface area contributed by atoms with Gasteiger partial charge in [0.15, 0.2) is 5.13 Å². The quantitative estimate of drug-likeness (QED) is 0.284. The lowest BCUT2D eigenvalue weighted by Gasteiger charge is -2.25. The van der Waals surface area contributed by atoms with Gasteiger partial charge in [-0.15, -0.1) is 11.3 Å². The van der Waals surface area contributed by atoms with Gasteiger partial charge in [-0.1, -0.05) is 95.5 Å². The van der Waals surface area contributed by atoms with Crippen LogP contribution in [0, 0.1) is 0 Å². The lowest BCUT2D eigenvalue weighted by atomic mass is 10.2. The summed E-state index contributed by atoms with van der Waals surface area (Å²) in [5.74, 6) is -0.396. The Kier molecular flexibility index (Phi) is 6.97. The number of aromatic nitrogens is 1. The summed E-state index contributed by atoms with van der Waals surface area (Å²) < 4.78 is -1.77. The third-order valence-electron chi connectivity index (χ3n) is 3.68. The number of hydrogen-bond acceptors (Lipinski definition) is 4. The standard InChI is InChI=1S/C20H16Cl3N3OS/c21-20(22,23)18(25-17(27)12-11-14-7-3-1-4-8-14)26-19-24-16(13-28-19)15-9-5-2-6-10-15/h1-13,18H,(H,24,26)(H,25,27)/b12-11+. The predicted molar refractivity (Wildman–Crippen MR) is 119 cm³/mol. The van der Waals surface area contributed by atoms with Crippen LogP contribution in [0.25, 0.3) is 17.3 Å². The Hall–Kier alpha value is -2.05. The van der Waals surface area contributed by atoms with E-state index >= 15 is 0 Å². The van der Waals surface area contributed by atoms with Gasteiger partial charge >= 0.3 is 0 Å². The average molecular weight is 453 g/mol. The van der Waals surface area contributed by atoms with Crippen molar-refractivity contribution in [3.63, 3.8) is 0 Å². The number of carbonyl (C=O) groups is 1. The van der Waals surface area contributed by atoms with Crippen molar-refractivity contribution < 1.29 is 4.79 Å². The molecule has 3 aromatic rings. The van der Waals surface area contributed by atoms with Crippen molar-refractivity contribution in [3.05, 3.63) is 77.7 Å². The molecule has 1 amide bonds. The molecule has 3 rings (SSSR count). The molecule has 0 aliphatic rings. The molecule has 4 nitrogen and oxygen atoms in total. The van der Waals surface area contributed by atoms with Crippen molar-refractivity contribution in [2.45, 2.75) is 9.96 Å². The van der Waals surface area contributed by atoms with Crippen molar-refractivity contribution in [2.75, 3.05) is 5.32 Å². The monoisotopic (exact) mass is 451 g/mol. The van der Waals surface area contributed by atoms with Gasteiger partial charge in [-0.25, -0.2) is 4.98 Å². The van der Waals surface area contributed by atoms with Crippen LogP contribution in [0.1, 0.15) is 5.56 Å². The molecule has 0 radical (unpaired) electrons. The zero-order valence-corrected chi connectivity index (χ0v) is 17.6. The first kappa shape index (κ1) is 20.7. The average Bonchev–Trinajstić information content (AvgIpc) is 3.15. The molecular formula is C20H16Cl3N3OS. The number of hydrogen-bond donors (Lipinski definition) is 2. The predicted octanol–water partition coefficient (Wildman–Crippen LogP) is 5.75. The molecule has 8 heteroatoms. The van der Waals surface area contributed by atoms with Crippen LogP contribution >= 0.6 is 46.1 Å². The third kappa shape index (κ3) is 5.97. The zero-order chi connectivity index (χ0) is 20.0. The van der Waals surface area contributed by atoms with E-state index in [9.17, 15) is 4.79 Å². The molecule has 0 fully saturated rings. The topological polar surface area (TPSA) is 54.0 Å². The second-order valence-corrected chi connectivity index (χ2v) is 9.00. The van der Waals surface area contributed by atoms with Gasteiger partial charge in [0.2, 0.25) is 9.70 Å². The van der Waals surface area contributed by atoms with Gasteiger partial charge in [0.05, 0.1) is 5.69 Å². The molecule has 2 N–H and O–H groups in total. The molecule has 1 heterocycles. The van der Waals surface area contributed by atoms with E-state index in [2.05, 4.69) is 15.6 Å². The number of thiazole rings is 1. The fraction of sp³-hybridized carbons (Fsp3) is 0.100. The fourth-order valence-electron chi connectivity index (χ4n) is 2.33. The van der Waals surface area contributed by atoms with Gasteiger partial charge in [-0.3, -0.25) is 4.79 Å². The van der Waals surface area contributed by atoms with Crippen molar-refractivity contribution in [3.8, 4) is 11.3 Å². The smallest absolute Gasteiger partial charge is 0.245 e. The summed E-state index contributed by atoms with van der Waals surface area (Å²) in [6, 6.07) is 19.2. The molecule has 0 aliphatic carbocycles. The first-order valence-corrected chi connectivity index (χ1v) is 10.3. The normalized spacial score (nSPS) is 12.7. The molecule has 0 aliphatic heterocycles. The molecule has 2 aromatic carbocycles. The number of nitrogens with one attached hydrogen (secondary N) is 2. The van der Waals surface area contributed by atoms with Crippen LogP contribution < -0.4 is 10.6 Å². The van der Waals surface area contributed by atoms with Crippen molar-refractivity contribution in [1.82, 2.24) is 10.3 Å². The number of carbonyl (C=O) groups excluding carboxylic acids is 1. The lowest BCUT2D eigenvalue weighted by molar-refractivity contribution is -0.116. The summed E-state index contributed by atoms with van der Waals surface area (Å²) in [7, 11) is 0. The lowest BCUT2D eigenvalue weighted by Crippen LogP contribution is -2.48. The van der Waals surface area contributed by atoms with E-state index in [1.54, 1.807) is 6.08 Å². The van der Waals surface area contributed by atoms with Crippen LogP contribution in [0.5, 0.6) is 0 Å². The highest BCUT2D eigenvalue weighted by atomic mass is 35.6. The van der Waals surface area contributed by atoms with Gasteiger partial charge in [0, 0.05) is 17.0 Å². The molecule has 144 valence electrons. The maximum Gasteiger partial charge on any atom is 0.245 e. The van der Waals surface area contributed by atoms with Crippen LogP contribution in [0.3, 0.4) is 0 Å². The summed E-state index contributed by atoms with van der Waals surface area (Å²) in [4.78, 5) is 16.8. The molecule has 1 aromatic heterocycles. The van der Waals surface area contributed by atoms with E-state index in [1.165, 1.54) is 17.4 Å². The first-order chi connectivity index (χ1) is 13.4. The van der Waals surface area contributed by atoms with Gasteiger partial charge in [-0.2, -0.15) is 0 Å². The van der Waals surface area contributed by atoms with Gasteiger partial charge in [0.1, 0.15) is 6.17 Å². The highest BCUT2D eigenvalue weighted by Gasteiger charge is 2.34. The summed E-state index contributed by atoms with van der Waals surface area (Å²) in [6.07, 6.45) is 2.11. The van der Waals surface area contributed by atoms with Crippen molar-refractivity contribution in [1.29, 1.82) is 0 Å². The van der Waals surface area contributed by atoms with Crippen LogP contribution in [-0.4, -0.2) is 20.8 Å². The van der Waals surface area contributed by atoms with Crippen molar-refractivity contribution >= 4 is 63.3 Å². The van der Waals surface area contributed by atoms with Gasteiger partial charge in [0.25, 0.3) is 0 Å². The molecule has 1 atom stereocenters. The zero-order valence-electron chi connectivity index (χ0n) is 14.5. The fourth-order valence-corrected chi connectivity index (χ4v) is 3.41. The highest BCUT2D eigenvalue weighted by molar-refractivity contribution is 7.14. The Bertz CT molecular complexity index is 940. The molecular weight excluding hydrogens is 437 g/mol. The minimum absolute atomic E-state index is 0.396. The number of rotatable bonds is 6. The largest absolute Gasteiger partial charge is 0.338 e. The van der Waals surface area contributed by atoms with E-state index in [0.717, 1.165) is 16.8 Å². The maximum atomic E-state index is 12.3. The van der Waals surface area contributed by atoms with Crippen LogP contribution in [0.4, 0.5) is 5.13 Å².